The van der Waals surface area contributed by atoms with Crippen molar-refractivity contribution in [3.63, 3.8) is 0 Å². The number of nitrogens with one attached hydrogen (secondary N) is 1. The van der Waals surface area contributed by atoms with E-state index in [1.165, 1.54) is 17.0 Å². The number of hydrogen-bond donors (Lipinski definition) is 1. The van der Waals surface area contributed by atoms with Crippen molar-refractivity contribution in [1.29, 1.82) is 0 Å². The minimum absolute atomic E-state index is 0.0106. The third kappa shape index (κ3) is 2.66. The summed E-state index contributed by atoms with van der Waals surface area (Å²) >= 11 is 0. The maximum Gasteiger partial charge on any atom is 0.322 e. The molecule has 2 amide bonds. The lowest BCUT2D eigenvalue weighted by Crippen LogP contribution is -2.49. The highest BCUT2D eigenvalue weighted by molar-refractivity contribution is 6.01. The van der Waals surface area contributed by atoms with Crippen LogP contribution in [0.15, 0.2) is 35.5 Å². The molecule has 7 heteroatoms. The summed E-state index contributed by atoms with van der Waals surface area (Å²) in [6.45, 7) is 4.02. The molecule has 0 saturated heterocycles. The predicted molar refractivity (Wildman–Crippen MR) is 87.2 cm³/mol. The van der Waals surface area contributed by atoms with Gasteiger partial charge in [-0.1, -0.05) is 13.8 Å². The van der Waals surface area contributed by atoms with Gasteiger partial charge in [-0.05, 0) is 29.5 Å². The van der Waals surface area contributed by atoms with Gasteiger partial charge in [0.05, 0.1) is 11.0 Å². The van der Waals surface area contributed by atoms with Crippen molar-refractivity contribution in [3.05, 3.63) is 51.2 Å². The van der Waals surface area contributed by atoms with Crippen LogP contribution < -0.4 is 5.32 Å². The van der Waals surface area contributed by atoms with E-state index >= 15 is 0 Å². The third-order valence-corrected chi connectivity index (χ3v) is 4.60. The van der Waals surface area contributed by atoms with Crippen molar-refractivity contribution in [1.82, 2.24) is 10.2 Å². The minimum atomic E-state index is -0.562. The summed E-state index contributed by atoms with van der Waals surface area (Å²) in [6, 6.07) is 5.11. The summed E-state index contributed by atoms with van der Waals surface area (Å²) in [5, 5.41) is 13.6. The van der Waals surface area contributed by atoms with E-state index in [4.69, 9.17) is 0 Å². The van der Waals surface area contributed by atoms with Gasteiger partial charge in [0.1, 0.15) is 0 Å². The van der Waals surface area contributed by atoms with Crippen LogP contribution in [-0.2, 0) is 4.79 Å². The van der Waals surface area contributed by atoms with E-state index in [0.717, 1.165) is 5.70 Å². The molecule has 0 bridgehead atoms. The van der Waals surface area contributed by atoms with E-state index in [1.807, 2.05) is 13.8 Å². The average molecular weight is 329 g/mol. The number of carbonyl (C=O) groups is 2. The quantitative estimate of drug-likeness (QED) is 0.667. The molecule has 24 heavy (non-hydrogen) atoms. The molecule has 1 atom stereocenters. The molecular weight excluding hydrogens is 310 g/mol. The molecule has 0 unspecified atom stereocenters. The van der Waals surface area contributed by atoms with Crippen LogP contribution in [0.25, 0.3) is 0 Å². The van der Waals surface area contributed by atoms with Crippen LogP contribution in [0.4, 0.5) is 10.5 Å². The zero-order chi connectivity index (χ0) is 17.6. The Bertz CT molecular complexity index is 765. The van der Waals surface area contributed by atoms with E-state index < -0.39 is 11.0 Å². The van der Waals surface area contributed by atoms with Crippen LogP contribution in [0.5, 0.6) is 0 Å². The topological polar surface area (TPSA) is 92.6 Å². The number of non-ortho nitro benzene ring substituents is 1. The Kier molecular flexibility index (Phi) is 3.66. The lowest BCUT2D eigenvalue weighted by molar-refractivity contribution is -0.384. The monoisotopic (exact) mass is 329 g/mol. The Morgan fingerprint density at radius 1 is 1.21 bits per heavy atom. The standard InChI is InChI=1S/C17H19N3O4/c1-17(2)8-12-14(13(21)9-17)15(18-16(22)19(12)3)10-4-6-11(7-5-10)20(23)24/h4-7,15H,8-9H2,1-3H3,(H,18,22)/t15-/m1/s1. The van der Waals surface area contributed by atoms with Crippen LogP contribution >= 0.6 is 0 Å². The fourth-order valence-electron chi connectivity index (χ4n) is 3.38. The summed E-state index contributed by atoms with van der Waals surface area (Å²) in [5.74, 6) is 0.0106. The van der Waals surface area contributed by atoms with Gasteiger partial charge in [-0.25, -0.2) is 4.79 Å². The minimum Gasteiger partial charge on any atom is -0.327 e. The average Bonchev–Trinajstić information content (AvgIpc) is 2.50. The summed E-state index contributed by atoms with van der Waals surface area (Å²) in [4.78, 5) is 36.8. The number of urea groups is 1. The Morgan fingerprint density at radius 3 is 2.42 bits per heavy atom. The summed E-state index contributed by atoms with van der Waals surface area (Å²) < 4.78 is 0. The number of nitro groups is 1. The molecule has 7 nitrogen and oxygen atoms in total. The van der Waals surface area contributed by atoms with Crippen LogP contribution in [0.2, 0.25) is 0 Å². The van der Waals surface area contributed by atoms with E-state index in [2.05, 4.69) is 5.32 Å². The highest BCUT2D eigenvalue weighted by Crippen LogP contribution is 2.43. The smallest absolute Gasteiger partial charge is 0.322 e. The zero-order valence-corrected chi connectivity index (χ0v) is 13.8. The molecule has 0 aromatic heterocycles. The number of rotatable bonds is 2. The molecule has 126 valence electrons. The van der Waals surface area contributed by atoms with Crippen molar-refractivity contribution in [3.8, 4) is 0 Å². The molecule has 1 aliphatic carbocycles. The highest BCUT2D eigenvalue weighted by atomic mass is 16.6. The number of hydrogen-bond acceptors (Lipinski definition) is 4. The van der Waals surface area contributed by atoms with Gasteiger partial charge in [-0.15, -0.1) is 0 Å². The first-order chi connectivity index (χ1) is 11.2. The second kappa shape index (κ2) is 5.43. The zero-order valence-electron chi connectivity index (χ0n) is 13.8. The van der Waals surface area contributed by atoms with Crippen molar-refractivity contribution in [2.24, 2.45) is 5.41 Å². The van der Waals surface area contributed by atoms with E-state index in [-0.39, 0.29) is 22.9 Å². The van der Waals surface area contributed by atoms with Gasteiger partial charge < -0.3 is 10.2 Å². The van der Waals surface area contributed by atoms with Gasteiger partial charge in [-0.2, -0.15) is 0 Å². The number of benzene rings is 1. The van der Waals surface area contributed by atoms with Crippen LogP contribution in [0.1, 0.15) is 38.3 Å². The fraction of sp³-hybridized carbons (Fsp3) is 0.412. The van der Waals surface area contributed by atoms with Gasteiger partial charge >= 0.3 is 6.03 Å². The van der Waals surface area contributed by atoms with Gasteiger partial charge in [0.25, 0.3) is 5.69 Å². The first-order valence-electron chi connectivity index (χ1n) is 7.74. The first kappa shape index (κ1) is 16.2. The molecule has 0 radical (unpaired) electrons. The summed E-state index contributed by atoms with van der Waals surface area (Å²) in [7, 11) is 1.66. The van der Waals surface area contributed by atoms with Crippen molar-refractivity contribution >= 4 is 17.5 Å². The second-order valence-corrected chi connectivity index (χ2v) is 7.09. The number of Topliss-reactive ketones (excluding diaryl/α,β-unsaturated/α-hetero) is 1. The van der Waals surface area contributed by atoms with Crippen molar-refractivity contribution in [2.75, 3.05) is 7.05 Å². The number of nitrogens with zero attached hydrogens (tertiary/aromatic N) is 2. The lowest BCUT2D eigenvalue weighted by Gasteiger charge is -2.42. The van der Waals surface area contributed by atoms with Crippen LogP contribution in [-0.4, -0.2) is 28.7 Å². The van der Waals surface area contributed by atoms with Crippen LogP contribution in [0.3, 0.4) is 0 Å². The molecule has 2 aliphatic rings. The molecule has 0 saturated carbocycles. The maximum absolute atomic E-state index is 12.7. The van der Waals surface area contributed by atoms with Gasteiger partial charge in [0, 0.05) is 36.9 Å². The number of ketones is 1. The third-order valence-electron chi connectivity index (χ3n) is 4.60. The van der Waals surface area contributed by atoms with Gasteiger partial charge in [0.15, 0.2) is 5.78 Å². The van der Waals surface area contributed by atoms with Gasteiger partial charge in [0.2, 0.25) is 0 Å². The second-order valence-electron chi connectivity index (χ2n) is 7.09. The molecule has 0 spiro atoms. The SMILES string of the molecule is CN1C(=O)N[C@H](c2ccc([N+](=O)[O-])cc2)C2=C1CC(C)(C)CC2=O. The first-order valence-corrected chi connectivity index (χ1v) is 7.74. The molecule has 1 aliphatic heterocycles. The normalized spacial score (nSPS) is 23.0. The summed E-state index contributed by atoms with van der Waals surface area (Å²) in [5.41, 5.74) is 1.78. The molecular formula is C17H19N3O4. The maximum atomic E-state index is 12.7. The van der Waals surface area contributed by atoms with E-state index in [1.54, 1.807) is 19.2 Å². The predicted octanol–water partition coefficient (Wildman–Crippen LogP) is 2.93. The van der Waals surface area contributed by atoms with Crippen molar-refractivity contribution < 1.29 is 14.5 Å². The molecule has 0 fully saturated rings. The number of allylic oxidation sites excluding steroid dienone is 1. The molecule has 1 aromatic carbocycles. The van der Waals surface area contributed by atoms with Gasteiger partial charge in [-0.3, -0.25) is 14.9 Å². The van der Waals surface area contributed by atoms with Crippen molar-refractivity contribution in [2.45, 2.75) is 32.7 Å². The number of nitro benzene ring substituents is 1. The molecule has 1 N–H and O–H groups in total. The van der Waals surface area contributed by atoms with E-state index in [9.17, 15) is 19.7 Å². The lowest BCUT2D eigenvalue weighted by atomic mass is 9.72. The Labute approximate surface area is 139 Å². The summed E-state index contributed by atoms with van der Waals surface area (Å²) in [6.07, 6.45) is 1.06. The Hall–Kier alpha value is -2.70. The largest absolute Gasteiger partial charge is 0.327 e. The van der Waals surface area contributed by atoms with Crippen LogP contribution in [0, 0.1) is 15.5 Å². The molecule has 3 rings (SSSR count). The fourth-order valence-corrected chi connectivity index (χ4v) is 3.38. The Morgan fingerprint density at radius 2 is 1.83 bits per heavy atom. The molecule has 1 aromatic rings. The van der Waals surface area contributed by atoms with E-state index in [0.29, 0.717) is 24.0 Å². The number of amides is 2. The molecule has 1 heterocycles. The highest BCUT2D eigenvalue weighted by Gasteiger charge is 2.42. The Balaban J connectivity index is 2.07. The number of carbonyl (C=O) groups excluding carboxylic acids is 2.